The molecule has 144 valence electrons. The van der Waals surface area contributed by atoms with Crippen molar-refractivity contribution in [3.8, 4) is 11.3 Å². The minimum Gasteiger partial charge on any atom is -0.466 e. The summed E-state index contributed by atoms with van der Waals surface area (Å²) in [5.41, 5.74) is 9.29. The zero-order valence-corrected chi connectivity index (χ0v) is 15.9. The summed E-state index contributed by atoms with van der Waals surface area (Å²) in [6.45, 7) is 1.88. The van der Waals surface area contributed by atoms with E-state index < -0.39 is 5.91 Å². The number of nitrogens with two attached hydrogens (primary N) is 1. The zero-order chi connectivity index (χ0) is 20.2. The van der Waals surface area contributed by atoms with Crippen LogP contribution in [0.3, 0.4) is 0 Å². The lowest BCUT2D eigenvalue weighted by Crippen LogP contribution is -2.15. The van der Waals surface area contributed by atoms with Gasteiger partial charge in [0, 0.05) is 29.4 Å². The molecule has 4 rings (SSSR count). The summed E-state index contributed by atoms with van der Waals surface area (Å²) < 4.78 is 5.69. The molecule has 0 spiro atoms. The number of benzene rings is 2. The summed E-state index contributed by atoms with van der Waals surface area (Å²) >= 11 is 0. The number of carbonyl (C=O) groups excluding carboxylic acids is 1. The Morgan fingerprint density at radius 3 is 2.59 bits per heavy atom. The molecule has 0 radical (unpaired) electrons. The van der Waals surface area contributed by atoms with Gasteiger partial charge in [-0.25, -0.2) is 9.97 Å². The first-order valence-corrected chi connectivity index (χ1v) is 9.22. The Balaban J connectivity index is 1.70. The molecule has 4 aromatic rings. The van der Waals surface area contributed by atoms with Crippen molar-refractivity contribution < 1.29 is 9.21 Å². The number of primary amides is 1. The topological polar surface area (TPSA) is 94.0 Å². The minimum atomic E-state index is -0.495. The Bertz CT molecular complexity index is 1150. The fourth-order valence-electron chi connectivity index (χ4n) is 3.19. The second-order valence-corrected chi connectivity index (χ2v) is 6.64. The van der Waals surface area contributed by atoms with Crippen LogP contribution < -0.4 is 11.1 Å². The van der Waals surface area contributed by atoms with Crippen molar-refractivity contribution in [1.82, 2.24) is 9.97 Å². The van der Waals surface area contributed by atoms with Crippen molar-refractivity contribution in [2.24, 2.45) is 5.73 Å². The second kappa shape index (κ2) is 7.98. The third kappa shape index (κ3) is 4.16. The maximum absolute atomic E-state index is 12.0. The van der Waals surface area contributed by atoms with Gasteiger partial charge in [-0.15, -0.1) is 0 Å². The van der Waals surface area contributed by atoms with Gasteiger partial charge in [-0.05, 0) is 42.8 Å². The van der Waals surface area contributed by atoms with E-state index in [-0.39, 0.29) is 0 Å². The first-order chi connectivity index (χ1) is 14.1. The first kappa shape index (κ1) is 18.4. The van der Waals surface area contributed by atoms with Crippen LogP contribution in [0.2, 0.25) is 0 Å². The van der Waals surface area contributed by atoms with Crippen LogP contribution in [0.15, 0.2) is 77.3 Å². The Morgan fingerprint density at radius 2 is 1.86 bits per heavy atom. The van der Waals surface area contributed by atoms with Gasteiger partial charge in [0.15, 0.2) is 0 Å². The SMILES string of the molecule is Cc1ccc(Cc2c(Nc3nccc(-c4ccccc4)n3)cccc2C(N)=O)o1. The molecule has 29 heavy (non-hydrogen) atoms. The molecule has 1 amide bonds. The van der Waals surface area contributed by atoms with Crippen LogP contribution in [-0.4, -0.2) is 15.9 Å². The zero-order valence-electron chi connectivity index (χ0n) is 15.9. The van der Waals surface area contributed by atoms with E-state index in [9.17, 15) is 4.79 Å². The van der Waals surface area contributed by atoms with Gasteiger partial charge in [0.05, 0.1) is 5.69 Å². The van der Waals surface area contributed by atoms with E-state index in [1.807, 2.05) is 61.5 Å². The van der Waals surface area contributed by atoms with E-state index in [4.69, 9.17) is 10.2 Å². The maximum Gasteiger partial charge on any atom is 0.249 e. The van der Waals surface area contributed by atoms with Gasteiger partial charge in [-0.1, -0.05) is 36.4 Å². The molecule has 0 bridgehead atoms. The number of hydrogen-bond acceptors (Lipinski definition) is 5. The van der Waals surface area contributed by atoms with Crippen LogP contribution in [-0.2, 0) is 6.42 Å². The summed E-state index contributed by atoms with van der Waals surface area (Å²) in [7, 11) is 0. The van der Waals surface area contributed by atoms with E-state index in [0.717, 1.165) is 28.3 Å². The fraction of sp³-hybridized carbons (Fsp3) is 0.0870. The molecule has 0 fully saturated rings. The molecule has 2 aromatic heterocycles. The molecule has 3 N–H and O–H groups in total. The van der Waals surface area contributed by atoms with Crippen molar-refractivity contribution in [3.05, 3.63) is 95.6 Å². The summed E-state index contributed by atoms with van der Waals surface area (Å²) in [5, 5.41) is 3.23. The molecule has 2 aromatic carbocycles. The van der Waals surface area contributed by atoms with E-state index in [2.05, 4.69) is 15.3 Å². The third-order valence-electron chi connectivity index (χ3n) is 4.56. The van der Waals surface area contributed by atoms with Crippen LogP contribution in [0.4, 0.5) is 11.6 Å². The fourth-order valence-corrected chi connectivity index (χ4v) is 3.19. The lowest BCUT2D eigenvalue weighted by atomic mass is 10.0. The number of furan rings is 1. The molecule has 0 aliphatic heterocycles. The number of aromatic nitrogens is 2. The number of nitrogens with zero attached hydrogens (tertiary/aromatic N) is 2. The minimum absolute atomic E-state index is 0.424. The molecule has 0 saturated heterocycles. The summed E-state index contributed by atoms with van der Waals surface area (Å²) in [6.07, 6.45) is 2.12. The molecule has 0 atom stereocenters. The van der Waals surface area contributed by atoms with Crippen LogP contribution in [0.1, 0.15) is 27.4 Å². The smallest absolute Gasteiger partial charge is 0.249 e. The number of hydrogen-bond donors (Lipinski definition) is 2. The van der Waals surface area contributed by atoms with Crippen LogP contribution in [0.25, 0.3) is 11.3 Å². The Labute approximate surface area is 168 Å². The molecule has 6 nitrogen and oxygen atoms in total. The van der Waals surface area contributed by atoms with Crippen LogP contribution >= 0.6 is 0 Å². The molecule has 0 aliphatic carbocycles. The van der Waals surface area contributed by atoms with E-state index in [1.165, 1.54) is 0 Å². The van der Waals surface area contributed by atoms with Crippen molar-refractivity contribution in [2.45, 2.75) is 13.3 Å². The predicted octanol–water partition coefficient (Wildman–Crippen LogP) is 4.48. The highest BCUT2D eigenvalue weighted by atomic mass is 16.3. The summed E-state index contributed by atoms with van der Waals surface area (Å²) in [6, 6.07) is 20.9. The standard InChI is InChI=1S/C23H20N4O2/c1-15-10-11-17(29-15)14-19-18(22(24)28)8-5-9-21(19)27-23-25-13-12-20(26-23)16-6-3-2-4-7-16/h2-13H,14H2,1H3,(H2,24,28)(H,25,26,27). The maximum atomic E-state index is 12.0. The van der Waals surface area contributed by atoms with Crippen molar-refractivity contribution >= 4 is 17.5 Å². The van der Waals surface area contributed by atoms with E-state index in [0.29, 0.717) is 23.6 Å². The summed E-state index contributed by atoms with van der Waals surface area (Å²) in [5.74, 6) is 1.50. The quantitative estimate of drug-likeness (QED) is 0.511. The lowest BCUT2D eigenvalue weighted by Gasteiger charge is -2.14. The number of rotatable bonds is 6. The van der Waals surface area contributed by atoms with Crippen LogP contribution in [0.5, 0.6) is 0 Å². The molecular formula is C23H20N4O2. The number of nitrogens with one attached hydrogen (secondary N) is 1. The molecule has 2 heterocycles. The van der Waals surface area contributed by atoms with Gasteiger partial charge in [0.2, 0.25) is 11.9 Å². The average Bonchev–Trinajstić information content (AvgIpc) is 3.14. The Kier molecular flexibility index (Phi) is 5.07. The highest BCUT2D eigenvalue weighted by molar-refractivity contribution is 5.96. The first-order valence-electron chi connectivity index (χ1n) is 9.22. The van der Waals surface area contributed by atoms with Crippen molar-refractivity contribution in [2.75, 3.05) is 5.32 Å². The van der Waals surface area contributed by atoms with Gasteiger partial charge >= 0.3 is 0 Å². The van der Waals surface area contributed by atoms with E-state index >= 15 is 0 Å². The Hall–Kier alpha value is -3.93. The number of carbonyl (C=O) groups is 1. The van der Waals surface area contributed by atoms with Gasteiger partial charge in [0.25, 0.3) is 0 Å². The third-order valence-corrected chi connectivity index (χ3v) is 4.56. The number of amides is 1. The van der Waals surface area contributed by atoms with Gasteiger partial charge in [0.1, 0.15) is 11.5 Å². The van der Waals surface area contributed by atoms with Gasteiger partial charge < -0.3 is 15.5 Å². The monoisotopic (exact) mass is 384 g/mol. The van der Waals surface area contributed by atoms with Gasteiger partial charge in [-0.3, -0.25) is 4.79 Å². The lowest BCUT2D eigenvalue weighted by molar-refractivity contribution is 0.0999. The molecule has 6 heteroatoms. The molecular weight excluding hydrogens is 364 g/mol. The molecule has 0 saturated carbocycles. The normalized spacial score (nSPS) is 10.7. The second-order valence-electron chi connectivity index (χ2n) is 6.64. The average molecular weight is 384 g/mol. The number of aryl methyl sites for hydroxylation is 1. The van der Waals surface area contributed by atoms with Crippen molar-refractivity contribution in [3.63, 3.8) is 0 Å². The number of anilines is 2. The van der Waals surface area contributed by atoms with Gasteiger partial charge in [-0.2, -0.15) is 0 Å². The van der Waals surface area contributed by atoms with Crippen molar-refractivity contribution in [1.29, 1.82) is 0 Å². The largest absolute Gasteiger partial charge is 0.466 e. The Morgan fingerprint density at radius 1 is 1.03 bits per heavy atom. The highest BCUT2D eigenvalue weighted by Crippen LogP contribution is 2.27. The van der Waals surface area contributed by atoms with E-state index in [1.54, 1.807) is 18.3 Å². The molecule has 0 aliphatic rings. The highest BCUT2D eigenvalue weighted by Gasteiger charge is 2.16. The summed E-state index contributed by atoms with van der Waals surface area (Å²) in [4.78, 5) is 20.9. The molecule has 0 unspecified atom stereocenters. The predicted molar refractivity (Wildman–Crippen MR) is 112 cm³/mol. The van der Waals surface area contributed by atoms with Crippen LogP contribution in [0, 0.1) is 6.92 Å².